The van der Waals surface area contributed by atoms with E-state index in [2.05, 4.69) is 6.92 Å². The van der Waals surface area contributed by atoms with Gasteiger partial charge in [-0.1, -0.05) is 18.5 Å². The van der Waals surface area contributed by atoms with E-state index in [0.29, 0.717) is 5.92 Å². The second-order valence-electron chi connectivity index (χ2n) is 3.68. The molecule has 2 heteroatoms. The molecular weight excluding hydrogens is 184 g/mol. The smallest absolute Gasteiger partial charge is 0.125 e. The maximum atomic E-state index is 5.99. The van der Waals surface area contributed by atoms with Gasteiger partial charge in [-0.25, -0.2) is 0 Å². The molecule has 0 fully saturated rings. The largest absolute Gasteiger partial charge is 0.493 e. The second kappa shape index (κ2) is 3.22. The van der Waals surface area contributed by atoms with Gasteiger partial charge in [0.2, 0.25) is 0 Å². The van der Waals surface area contributed by atoms with E-state index in [9.17, 15) is 0 Å². The lowest BCUT2D eigenvalue weighted by atomic mass is 9.93. The second-order valence-corrected chi connectivity index (χ2v) is 4.12. The Morgan fingerprint density at radius 2 is 2.23 bits per heavy atom. The summed E-state index contributed by atoms with van der Waals surface area (Å²) in [6.45, 7) is 5.09. The van der Waals surface area contributed by atoms with Crippen molar-refractivity contribution in [2.24, 2.45) is 0 Å². The Kier molecular flexibility index (Phi) is 2.20. The molecule has 0 saturated heterocycles. The first kappa shape index (κ1) is 8.89. The lowest BCUT2D eigenvalue weighted by Crippen LogP contribution is -2.12. The van der Waals surface area contributed by atoms with E-state index >= 15 is 0 Å². The van der Waals surface area contributed by atoms with Gasteiger partial charge in [-0.15, -0.1) is 0 Å². The number of fused-ring (bicyclic) bond motifs is 1. The fraction of sp³-hybridized carbons (Fsp3) is 0.455. The Morgan fingerprint density at radius 1 is 1.46 bits per heavy atom. The molecule has 1 aromatic rings. The quantitative estimate of drug-likeness (QED) is 0.617. The van der Waals surface area contributed by atoms with Crippen molar-refractivity contribution in [3.63, 3.8) is 0 Å². The Bertz CT molecular complexity index is 333. The minimum Gasteiger partial charge on any atom is -0.493 e. The highest BCUT2D eigenvalue weighted by Gasteiger charge is 2.19. The van der Waals surface area contributed by atoms with Crippen molar-refractivity contribution in [3.05, 3.63) is 28.3 Å². The van der Waals surface area contributed by atoms with Crippen molar-refractivity contribution in [1.82, 2.24) is 0 Å². The molecule has 1 heterocycles. The van der Waals surface area contributed by atoms with Gasteiger partial charge in [0.25, 0.3) is 0 Å². The van der Waals surface area contributed by atoms with Crippen LogP contribution in [0.2, 0.25) is 5.02 Å². The molecule has 0 aromatic heterocycles. The third kappa shape index (κ3) is 1.53. The minimum absolute atomic E-state index is 0.571. The van der Waals surface area contributed by atoms with Crippen molar-refractivity contribution < 1.29 is 4.74 Å². The summed E-state index contributed by atoms with van der Waals surface area (Å²) in [5.74, 6) is 1.62. The highest BCUT2D eigenvalue weighted by Crippen LogP contribution is 2.37. The van der Waals surface area contributed by atoms with Crippen LogP contribution in [0.15, 0.2) is 12.1 Å². The van der Waals surface area contributed by atoms with Crippen LogP contribution in [0.4, 0.5) is 0 Å². The van der Waals surface area contributed by atoms with Crippen LogP contribution in [-0.2, 0) is 0 Å². The summed E-state index contributed by atoms with van der Waals surface area (Å²) in [4.78, 5) is 0. The lowest BCUT2D eigenvalue weighted by molar-refractivity contribution is 0.270. The van der Waals surface area contributed by atoms with Crippen LogP contribution in [0, 0.1) is 6.92 Å². The van der Waals surface area contributed by atoms with Gasteiger partial charge in [-0.05, 0) is 42.5 Å². The van der Waals surface area contributed by atoms with E-state index in [1.165, 1.54) is 5.56 Å². The number of ether oxygens (including phenoxy) is 1. The van der Waals surface area contributed by atoms with E-state index < -0.39 is 0 Å². The monoisotopic (exact) mass is 196 g/mol. The zero-order chi connectivity index (χ0) is 9.42. The van der Waals surface area contributed by atoms with Crippen LogP contribution in [-0.4, -0.2) is 6.61 Å². The van der Waals surface area contributed by atoms with Gasteiger partial charge in [0.1, 0.15) is 5.75 Å². The van der Waals surface area contributed by atoms with Crippen LogP contribution in [0.3, 0.4) is 0 Å². The molecule has 70 valence electrons. The SMILES string of the molecule is Cc1cc(Cl)cc2c1OCCC2C. The van der Waals surface area contributed by atoms with Crippen molar-refractivity contribution in [1.29, 1.82) is 0 Å². The maximum Gasteiger partial charge on any atom is 0.125 e. The molecule has 0 amide bonds. The molecule has 0 saturated carbocycles. The molecule has 0 N–H and O–H groups in total. The number of rotatable bonds is 0. The highest BCUT2D eigenvalue weighted by molar-refractivity contribution is 6.30. The molecule has 1 unspecified atom stereocenters. The third-order valence-electron chi connectivity index (χ3n) is 2.60. The summed E-state index contributed by atoms with van der Waals surface area (Å²) >= 11 is 5.99. The van der Waals surface area contributed by atoms with Crippen molar-refractivity contribution >= 4 is 11.6 Å². The van der Waals surface area contributed by atoms with E-state index in [4.69, 9.17) is 16.3 Å². The zero-order valence-corrected chi connectivity index (χ0v) is 8.69. The number of benzene rings is 1. The molecule has 1 aliphatic heterocycles. The lowest BCUT2D eigenvalue weighted by Gasteiger charge is -2.24. The van der Waals surface area contributed by atoms with E-state index in [0.717, 1.165) is 29.4 Å². The van der Waals surface area contributed by atoms with Crippen molar-refractivity contribution in [2.45, 2.75) is 26.2 Å². The predicted octanol–water partition coefficient (Wildman–Crippen LogP) is 3.53. The highest BCUT2D eigenvalue weighted by atomic mass is 35.5. The van der Waals surface area contributed by atoms with Crippen LogP contribution < -0.4 is 4.74 Å². The van der Waals surface area contributed by atoms with Crippen LogP contribution in [0.5, 0.6) is 5.75 Å². The molecule has 0 aliphatic carbocycles. The van der Waals surface area contributed by atoms with Gasteiger partial charge in [0.05, 0.1) is 6.61 Å². The Balaban J connectivity index is 2.56. The molecular formula is C11H13ClO. The van der Waals surface area contributed by atoms with Crippen molar-refractivity contribution in [2.75, 3.05) is 6.61 Å². The summed E-state index contributed by atoms with van der Waals surface area (Å²) in [6.07, 6.45) is 1.09. The molecule has 1 aromatic carbocycles. The molecule has 0 bridgehead atoms. The summed E-state index contributed by atoms with van der Waals surface area (Å²) < 4.78 is 5.62. The molecule has 1 atom stereocenters. The number of hydrogen-bond acceptors (Lipinski definition) is 1. The summed E-state index contributed by atoms with van der Waals surface area (Å²) in [6, 6.07) is 3.98. The van der Waals surface area contributed by atoms with E-state index in [1.807, 2.05) is 19.1 Å². The average Bonchev–Trinajstić information content (AvgIpc) is 2.07. The topological polar surface area (TPSA) is 9.23 Å². The third-order valence-corrected chi connectivity index (χ3v) is 2.81. The summed E-state index contributed by atoms with van der Waals surface area (Å²) in [5, 5.41) is 0.814. The van der Waals surface area contributed by atoms with Gasteiger partial charge in [-0.3, -0.25) is 0 Å². The van der Waals surface area contributed by atoms with Gasteiger partial charge in [0, 0.05) is 5.02 Å². The molecule has 2 rings (SSSR count). The first-order chi connectivity index (χ1) is 6.18. The Labute approximate surface area is 83.7 Å². The Hall–Kier alpha value is -0.690. The standard InChI is InChI=1S/C11H13ClO/c1-7-3-4-13-11-8(2)5-9(12)6-10(7)11/h5-7H,3-4H2,1-2H3. The van der Waals surface area contributed by atoms with Gasteiger partial charge in [0.15, 0.2) is 0 Å². The number of aryl methyl sites for hydroxylation is 1. The predicted molar refractivity (Wildman–Crippen MR) is 54.7 cm³/mol. The van der Waals surface area contributed by atoms with E-state index in [-0.39, 0.29) is 0 Å². The Morgan fingerprint density at radius 3 is 3.00 bits per heavy atom. The fourth-order valence-corrected chi connectivity index (χ4v) is 2.09. The van der Waals surface area contributed by atoms with E-state index in [1.54, 1.807) is 0 Å². The number of hydrogen-bond donors (Lipinski definition) is 0. The average molecular weight is 197 g/mol. The normalized spacial score (nSPS) is 20.7. The molecule has 13 heavy (non-hydrogen) atoms. The van der Waals surface area contributed by atoms with Crippen LogP contribution in [0.25, 0.3) is 0 Å². The van der Waals surface area contributed by atoms with Crippen LogP contribution in [0.1, 0.15) is 30.4 Å². The van der Waals surface area contributed by atoms with Gasteiger partial charge >= 0.3 is 0 Å². The van der Waals surface area contributed by atoms with Gasteiger partial charge < -0.3 is 4.74 Å². The fourth-order valence-electron chi connectivity index (χ4n) is 1.81. The van der Waals surface area contributed by atoms with Crippen molar-refractivity contribution in [3.8, 4) is 5.75 Å². The van der Waals surface area contributed by atoms with Gasteiger partial charge in [-0.2, -0.15) is 0 Å². The van der Waals surface area contributed by atoms with Crippen LogP contribution >= 0.6 is 11.6 Å². The molecule has 0 radical (unpaired) electrons. The zero-order valence-electron chi connectivity index (χ0n) is 7.93. The summed E-state index contributed by atoms with van der Waals surface area (Å²) in [7, 11) is 0. The molecule has 1 aliphatic rings. The molecule has 0 spiro atoms. The minimum atomic E-state index is 0.571. The molecule has 1 nitrogen and oxygen atoms in total. The number of halogens is 1. The first-order valence-corrected chi connectivity index (χ1v) is 4.99. The maximum absolute atomic E-state index is 5.99. The summed E-state index contributed by atoms with van der Waals surface area (Å²) in [5.41, 5.74) is 2.41. The first-order valence-electron chi connectivity index (χ1n) is 4.61.